The van der Waals surface area contributed by atoms with Crippen LogP contribution in [-0.2, 0) is 6.54 Å². The molecule has 0 N–H and O–H groups in total. The molecule has 0 spiro atoms. The summed E-state index contributed by atoms with van der Waals surface area (Å²) in [6, 6.07) is 13.4. The van der Waals surface area contributed by atoms with Gasteiger partial charge in [0.2, 0.25) is 0 Å². The Morgan fingerprint density at radius 2 is 1.13 bits per heavy atom. The molecule has 46 heavy (non-hydrogen) atoms. The minimum atomic E-state index is 1.06. The molecule has 0 unspecified atom stereocenters. The molecule has 3 heterocycles. The van der Waals surface area contributed by atoms with Crippen molar-refractivity contribution < 1.29 is 0 Å². The standard InChI is InChI=1S/C36H45Br2NS7/c1-4-6-8-13-21-41-33-34(42-22-14-9-7-5-2)46-36(45-33)35-43-31(32(40-3)44-35)15-11-10-12-20-39-29-18-16-25(37)23-27(29)28-24-26(38)17-19-30(28)39/h16-19,23-24H,4-15,20-22H2,1-3H3. The van der Waals surface area contributed by atoms with Gasteiger partial charge in [-0.2, -0.15) is 0 Å². The van der Waals surface area contributed by atoms with E-state index in [1.54, 1.807) is 13.4 Å². The van der Waals surface area contributed by atoms with Crippen molar-refractivity contribution in [2.45, 2.75) is 97.4 Å². The second kappa shape index (κ2) is 20.0. The van der Waals surface area contributed by atoms with Gasteiger partial charge < -0.3 is 4.57 Å². The lowest BCUT2D eigenvalue weighted by Crippen LogP contribution is -1.97. The summed E-state index contributed by atoms with van der Waals surface area (Å²) < 4.78 is 12.6. The zero-order valence-corrected chi connectivity index (χ0v) is 36.0. The fourth-order valence-electron chi connectivity index (χ4n) is 5.65. The Hall–Kier alpha value is 0.870. The number of aryl methyl sites for hydroxylation is 1. The second-order valence-electron chi connectivity index (χ2n) is 11.6. The average molecular weight is 876 g/mol. The van der Waals surface area contributed by atoms with Crippen LogP contribution in [0.15, 0.2) is 71.4 Å². The molecule has 1 aromatic heterocycles. The third-order valence-corrected chi connectivity index (χ3v) is 19.2. The van der Waals surface area contributed by atoms with E-state index in [-0.39, 0.29) is 0 Å². The monoisotopic (exact) mass is 873 g/mol. The van der Waals surface area contributed by atoms with Crippen molar-refractivity contribution in [3.8, 4) is 0 Å². The molecular formula is C36H45Br2NS7. The van der Waals surface area contributed by atoms with E-state index in [0.717, 1.165) is 15.5 Å². The van der Waals surface area contributed by atoms with Gasteiger partial charge >= 0.3 is 0 Å². The molecule has 2 aliphatic rings. The first-order valence-corrected chi connectivity index (χ1v) is 24.7. The van der Waals surface area contributed by atoms with E-state index < -0.39 is 0 Å². The second-order valence-corrected chi connectivity index (χ2v) is 21.9. The third kappa shape index (κ3) is 10.5. The number of hydrogen-bond donors (Lipinski definition) is 0. The molecule has 2 aromatic carbocycles. The summed E-state index contributed by atoms with van der Waals surface area (Å²) in [5, 5.41) is 2.65. The maximum Gasteiger partial charge on any atom is 0.0717 e. The predicted molar refractivity (Wildman–Crippen MR) is 231 cm³/mol. The lowest BCUT2D eigenvalue weighted by molar-refractivity contribution is 0.611. The van der Waals surface area contributed by atoms with Crippen molar-refractivity contribution in [3.63, 3.8) is 0 Å². The molecule has 0 amide bonds. The van der Waals surface area contributed by atoms with E-state index in [4.69, 9.17) is 0 Å². The quantitative estimate of drug-likeness (QED) is 0.109. The summed E-state index contributed by atoms with van der Waals surface area (Å²) in [6.07, 6.45) is 17.9. The summed E-state index contributed by atoms with van der Waals surface area (Å²) in [7, 11) is 0. The van der Waals surface area contributed by atoms with Crippen LogP contribution in [0.3, 0.4) is 0 Å². The maximum absolute atomic E-state index is 3.69. The van der Waals surface area contributed by atoms with E-state index in [1.165, 1.54) is 123 Å². The number of aromatic nitrogens is 1. The largest absolute Gasteiger partial charge is 0.340 e. The Bertz CT molecular complexity index is 1490. The number of allylic oxidation sites excluding steroid dienone is 1. The molecule has 0 saturated heterocycles. The Morgan fingerprint density at radius 1 is 0.609 bits per heavy atom. The van der Waals surface area contributed by atoms with E-state index in [0.29, 0.717) is 0 Å². The van der Waals surface area contributed by atoms with Crippen molar-refractivity contribution in [2.24, 2.45) is 0 Å². The van der Waals surface area contributed by atoms with Gasteiger partial charge in [-0.1, -0.05) is 138 Å². The van der Waals surface area contributed by atoms with Crippen LogP contribution in [0.2, 0.25) is 0 Å². The third-order valence-electron chi connectivity index (χ3n) is 8.06. The number of rotatable bonds is 19. The lowest BCUT2D eigenvalue weighted by atomic mass is 10.2. The van der Waals surface area contributed by atoms with Crippen LogP contribution in [0.5, 0.6) is 0 Å². The number of benzene rings is 2. The highest BCUT2D eigenvalue weighted by atomic mass is 79.9. The van der Waals surface area contributed by atoms with E-state index in [1.807, 2.05) is 23.5 Å². The molecule has 2 aliphatic heterocycles. The molecule has 0 saturated carbocycles. The van der Waals surface area contributed by atoms with Crippen LogP contribution in [-0.4, -0.2) is 22.3 Å². The lowest BCUT2D eigenvalue weighted by Gasteiger charge is -2.08. The molecule has 0 bridgehead atoms. The van der Waals surface area contributed by atoms with Crippen LogP contribution < -0.4 is 0 Å². The summed E-state index contributed by atoms with van der Waals surface area (Å²) in [6.45, 7) is 5.67. The van der Waals surface area contributed by atoms with Crippen LogP contribution in [0, 0.1) is 0 Å². The zero-order valence-electron chi connectivity index (χ0n) is 27.1. The first-order valence-electron chi connectivity index (χ1n) is 16.6. The van der Waals surface area contributed by atoms with Crippen molar-refractivity contribution in [1.82, 2.24) is 4.57 Å². The van der Waals surface area contributed by atoms with E-state index >= 15 is 0 Å². The van der Waals surface area contributed by atoms with Crippen molar-refractivity contribution in [2.75, 3.05) is 17.8 Å². The normalized spacial score (nSPS) is 15.6. The number of hydrogen-bond acceptors (Lipinski definition) is 7. The molecule has 0 aliphatic carbocycles. The fraction of sp³-hybridized carbons (Fsp3) is 0.500. The smallest absolute Gasteiger partial charge is 0.0717 e. The summed E-state index contributed by atoms with van der Waals surface area (Å²) in [5.74, 6) is 2.52. The van der Waals surface area contributed by atoms with Gasteiger partial charge in [-0.3, -0.25) is 0 Å². The number of nitrogens with zero attached hydrogens (tertiary/aromatic N) is 1. The maximum atomic E-state index is 3.69. The van der Waals surface area contributed by atoms with Crippen LogP contribution in [0.1, 0.15) is 90.9 Å². The number of fused-ring (bicyclic) bond motifs is 3. The van der Waals surface area contributed by atoms with Gasteiger partial charge in [0, 0.05) is 42.2 Å². The summed E-state index contributed by atoms with van der Waals surface area (Å²) in [5.41, 5.74) is 2.67. The van der Waals surface area contributed by atoms with Gasteiger partial charge in [-0.05, 0) is 86.3 Å². The number of halogens is 2. The first kappa shape index (κ1) is 38.1. The molecule has 0 radical (unpaired) electrons. The summed E-state index contributed by atoms with van der Waals surface area (Å²) in [4.78, 5) is 1.60. The Kier molecular flexibility index (Phi) is 16.6. The van der Waals surface area contributed by atoms with Gasteiger partial charge in [-0.15, -0.1) is 35.3 Å². The predicted octanol–water partition coefficient (Wildman–Crippen LogP) is 16.3. The minimum Gasteiger partial charge on any atom is -0.340 e. The average Bonchev–Trinajstić information content (AvgIpc) is 3.74. The first-order chi connectivity index (χ1) is 22.5. The van der Waals surface area contributed by atoms with E-state index in [2.05, 4.69) is 152 Å². The van der Waals surface area contributed by atoms with Gasteiger partial charge in [0.05, 0.1) is 21.2 Å². The highest BCUT2D eigenvalue weighted by Gasteiger charge is 2.30. The molecule has 10 heteroatoms. The highest BCUT2D eigenvalue weighted by Crippen LogP contribution is 2.65. The SMILES string of the molecule is CCCCCCSC1=C(SCCCCCC)SC(=C2SC(CCCCCn3c4ccc(Br)cc4c4cc(Br)ccc43)=C(SC)S2)S1. The van der Waals surface area contributed by atoms with Gasteiger partial charge in [0.1, 0.15) is 0 Å². The van der Waals surface area contributed by atoms with Crippen molar-refractivity contribution in [1.29, 1.82) is 0 Å². The Labute approximate surface area is 323 Å². The van der Waals surface area contributed by atoms with Crippen LogP contribution >= 0.6 is 114 Å². The van der Waals surface area contributed by atoms with Crippen molar-refractivity contribution in [3.05, 3.63) is 71.4 Å². The minimum absolute atomic E-state index is 1.06. The van der Waals surface area contributed by atoms with Crippen molar-refractivity contribution >= 4 is 136 Å². The Morgan fingerprint density at radius 3 is 1.67 bits per heavy atom. The topological polar surface area (TPSA) is 4.93 Å². The van der Waals surface area contributed by atoms with Crippen LogP contribution in [0.4, 0.5) is 0 Å². The molecule has 3 aromatic rings. The van der Waals surface area contributed by atoms with Gasteiger partial charge in [0.15, 0.2) is 0 Å². The van der Waals surface area contributed by atoms with Gasteiger partial charge in [-0.25, -0.2) is 0 Å². The molecule has 5 rings (SSSR count). The number of unbranched alkanes of at least 4 members (excludes halogenated alkanes) is 8. The highest BCUT2D eigenvalue weighted by molar-refractivity contribution is 9.10. The fourth-order valence-corrected chi connectivity index (χ4v) is 16.5. The molecule has 0 fully saturated rings. The number of thioether (sulfide) groups is 7. The zero-order chi connectivity index (χ0) is 32.3. The molecule has 1 nitrogen and oxygen atoms in total. The molecule has 0 atom stereocenters. The Balaban J connectivity index is 1.16. The van der Waals surface area contributed by atoms with Crippen LogP contribution in [0.25, 0.3) is 21.8 Å². The molecular weight excluding hydrogens is 831 g/mol. The van der Waals surface area contributed by atoms with E-state index in [9.17, 15) is 0 Å². The van der Waals surface area contributed by atoms with Gasteiger partial charge in [0.25, 0.3) is 0 Å². The summed E-state index contributed by atoms with van der Waals surface area (Å²) >= 11 is 21.8. The molecule has 250 valence electrons.